The summed E-state index contributed by atoms with van der Waals surface area (Å²) in [5, 5.41) is 114. The van der Waals surface area contributed by atoms with E-state index in [0.717, 1.165) is 68.5 Å². The van der Waals surface area contributed by atoms with Crippen LogP contribution in [0.4, 0.5) is 5.69 Å². The number of nitrogens with one attached hydrogen (secondary N) is 6. The highest BCUT2D eigenvalue weighted by molar-refractivity contribution is 5.99. The maximum Gasteiger partial charge on any atom is 0.248 e. The summed E-state index contributed by atoms with van der Waals surface area (Å²) in [4.78, 5) is 125. The normalized spacial score (nSPS) is 27.9. The Hall–Kier alpha value is -6.11. The Labute approximate surface area is 463 Å². The maximum atomic E-state index is 14.5. The lowest BCUT2D eigenvalue weighted by Crippen LogP contribution is -2.64. The first-order valence-corrected chi connectivity index (χ1v) is 27.4. The van der Waals surface area contributed by atoms with Gasteiger partial charge in [0.25, 0.3) is 0 Å². The summed E-state index contributed by atoms with van der Waals surface area (Å²) >= 11 is 0. The number of aromatic hydroxyl groups is 1. The van der Waals surface area contributed by atoms with Crippen LogP contribution in [0.2, 0.25) is 0 Å². The van der Waals surface area contributed by atoms with Crippen LogP contribution >= 0.6 is 0 Å². The molecule has 16 atom stereocenters. The number of carbonyl (C=O) groups excluding carboxylic acids is 9. The second kappa shape index (κ2) is 31.2. The van der Waals surface area contributed by atoms with E-state index in [1.165, 1.54) is 6.42 Å². The van der Waals surface area contributed by atoms with Crippen molar-refractivity contribution < 1.29 is 89.1 Å². The zero-order valence-electron chi connectivity index (χ0n) is 45.7. The van der Waals surface area contributed by atoms with Crippen LogP contribution in [0.15, 0.2) is 18.2 Å². The molecule has 0 spiro atoms. The molecule has 450 valence electrons. The van der Waals surface area contributed by atoms with Gasteiger partial charge in [-0.25, -0.2) is 0 Å². The van der Waals surface area contributed by atoms with Crippen LogP contribution in [0.1, 0.15) is 129 Å². The number of amides is 9. The molecule has 0 radical (unpaired) electrons. The van der Waals surface area contributed by atoms with E-state index >= 15 is 0 Å². The van der Waals surface area contributed by atoms with Gasteiger partial charge in [-0.3, -0.25) is 43.2 Å². The molecule has 0 bridgehead atoms. The molecule has 4 rings (SSSR count). The second-order valence-corrected chi connectivity index (χ2v) is 21.5. The number of aliphatic hydroxyl groups is 8. The van der Waals surface area contributed by atoms with Gasteiger partial charge in [-0.15, -0.1) is 0 Å². The predicted molar refractivity (Wildman–Crippen MR) is 283 cm³/mol. The van der Waals surface area contributed by atoms with E-state index in [0.29, 0.717) is 29.6 Å². The fourth-order valence-corrected chi connectivity index (χ4v) is 10.2. The van der Waals surface area contributed by atoms with Crippen LogP contribution in [-0.4, -0.2) is 208 Å². The van der Waals surface area contributed by atoms with Crippen LogP contribution in [0, 0.1) is 11.8 Å². The van der Waals surface area contributed by atoms with E-state index in [2.05, 4.69) is 47.4 Å². The number of aliphatic hydroxyl groups excluding tert-OH is 8. The van der Waals surface area contributed by atoms with Crippen molar-refractivity contribution in [2.45, 2.75) is 203 Å². The summed E-state index contributed by atoms with van der Waals surface area (Å²) in [5.74, 6) is -10.0. The smallest absolute Gasteiger partial charge is 0.248 e. The molecule has 3 aliphatic rings. The van der Waals surface area contributed by atoms with Crippen molar-refractivity contribution in [2.75, 3.05) is 25.0 Å². The van der Waals surface area contributed by atoms with E-state index in [9.17, 15) is 89.1 Å². The summed E-state index contributed by atoms with van der Waals surface area (Å²) in [6, 6.07) is -9.31. The fourth-order valence-electron chi connectivity index (χ4n) is 10.2. The van der Waals surface area contributed by atoms with E-state index in [4.69, 9.17) is 11.5 Å². The maximum absolute atomic E-state index is 14.5. The molecular weight excluding hydrogens is 1050 g/mol. The fraction of sp³-hybridized carbons (Fsp3) is 0.712. The number of hydrogen-bond donors (Lipinski definition) is 17. The van der Waals surface area contributed by atoms with Crippen LogP contribution in [0.3, 0.4) is 0 Å². The molecule has 1 aromatic carbocycles. The molecule has 28 nitrogen and oxygen atoms in total. The summed E-state index contributed by atoms with van der Waals surface area (Å²) in [6.45, 7) is 6.09. The number of benzene rings is 1. The molecule has 3 heterocycles. The average molecular weight is 1140 g/mol. The second-order valence-electron chi connectivity index (χ2n) is 21.5. The van der Waals surface area contributed by atoms with Gasteiger partial charge in [-0.1, -0.05) is 71.8 Å². The minimum atomic E-state index is -2.51. The molecular formula is C52H84N10O18. The van der Waals surface area contributed by atoms with Crippen molar-refractivity contribution >= 4 is 58.9 Å². The number of carbonyl (C=O) groups is 9. The van der Waals surface area contributed by atoms with Gasteiger partial charge in [0.05, 0.1) is 43.1 Å². The zero-order chi connectivity index (χ0) is 59.7. The molecule has 3 aliphatic heterocycles. The van der Waals surface area contributed by atoms with Gasteiger partial charge in [-0.2, -0.15) is 0 Å². The first-order valence-electron chi connectivity index (χ1n) is 27.4. The predicted octanol–water partition coefficient (Wildman–Crippen LogP) is -4.44. The Bertz CT molecular complexity index is 2310. The Morgan fingerprint density at radius 1 is 0.738 bits per heavy atom. The van der Waals surface area contributed by atoms with Gasteiger partial charge >= 0.3 is 0 Å². The summed E-state index contributed by atoms with van der Waals surface area (Å²) in [6.07, 6.45) is -11.0. The largest absolute Gasteiger partial charge is 0.506 e. The average Bonchev–Trinajstić information content (AvgIpc) is 4.00. The Morgan fingerprint density at radius 2 is 1.36 bits per heavy atom. The van der Waals surface area contributed by atoms with E-state index in [1.807, 2.05) is 5.32 Å². The van der Waals surface area contributed by atoms with Gasteiger partial charge < -0.3 is 99.1 Å². The molecule has 19 N–H and O–H groups in total. The van der Waals surface area contributed by atoms with E-state index in [1.54, 1.807) is 0 Å². The number of anilines is 1. The molecule has 1 aromatic rings. The number of fused-ring (bicyclic) bond motifs is 2. The first kappa shape index (κ1) is 66.4. The molecule has 0 aromatic heterocycles. The van der Waals surface area contributed by atoms with Crippen molar-refractivity contribution in [2.24, 2.45) is 23.3 Å². The topological polar surface area (TPSA) is 466 Å². The molecule has 0 saturated carbocycles. The quantitative estimate of drug-likeness (QED) is 0.0385. The minimum absolute atomic E-state index is 0.0993. The summed E-state index contributed by atoms with van der Waals surface area (Å²) in [7, 11) is 0. The monoisotopic (exact) mass is 1140 g/mol. The highest BCUT2D eigenvalue weighted by atomic mass is 16.3. The van der Waals surface area contributed by atoms with Crippen molar-refractivity contribution in [3.05, 3.63) is 23.8 Å². The molecule has 0 aliphatic carbocycles. The van der Waals surface area contributed by atoms with Gasteiger partial charge in [0.15, 0.2) is 6.23 Å². The SMILES string of the molecule is CCC(C)CC(C)CCCCCCCCC(=O)N[C@@H]1C[C@@H](O)[C@@H](O)NC(=O)[C@@H]2[C@@H](O)CCN2C(=O)[C@H]([C@@H](O)CC(N)=O)NC(=O)[C@H]([C@@H](O)[C@H](O)c2ccc(O)c(NC(=O)CN)c2)NC(=O)[C@@H]2C[C@@H](O)CN2C(=O)[C@H]([C@@H](C)O)NC1=O. The molecule has 9 amide bonds. The van der Waals surface area contributed by atoms with E-state index < -0.39 is 183 Å². The van der Waals surface area contributed by atoms with Crippen LogP contribution < -0.4 is 43.4 Å². The number of unbranched alkanes of at least 4 members (excludes halogenated alkanes) is 5. The van der Waals surface area contributed by atoms with Crippen molar-refractivity contribution in [1.29, 1.82) is 0 Å². The van der Waals surface area contributed by atoms with Crippen molar-refractivity contribution in [1.82, 2.24) is 36.4 Å². The van der Waals surface area contributed by atoms with Gasteiger partial charge in [0.1, 0.15) is 60.3 Å². The molecule has 80 heavy (non-hydrogen) atoms. The highest BCUT2D eigenvalue weighted by Crippen LogP contribution is 2.31. The number of nitrogens with two attached hydrogens (primary N) is 2. The third-order valence-electron chi connectivity index (χ3n) is 14.9. The van der Waals surface area contributed by atoms with Crippen molar-refractivity contribution in [3.63, 3.8) is 0 Å². The number of hydrogen-bond acceptors (Lipinski definition) is 19. The van der Waals surface area contributed by atoms with Crippen molar-refractivity contribution in [3.8, 4) is 5.75 Å². The van der Waals surface area contributed by atoms with Gasteiger partial charge in [0, 0.05) is 32.4 Å². The molecule has 3 fully saturated rings. The first-order chi connectivity index (χ1) is 37.7. The Morgan fingerprint density at radius 3 is 2.00 bits per heavy atom. The van der Waals surface area contributed by atoms with Crippen LogP contribution in [0.25, 0.3) is 0 Å². The minimum Gasteiger partial charge on any atom is -0.506 e. The molecule has 28 heteroatoms. The lowest BCUT2D eigenvalue weighted by Gasteiger charge is -2.34. The number of phenolic OH excluding ortho intramolecular Hbond substituents is 1. The molecule has 2 unspecified atom stereocenters. The summed E-state index contributed by atoms with van der Waals surface area (Å²) < 4.78 is 0. The zero-order valence-corrected chi connectivity index (χ0v) is 45.7. The number of rotatable bonds is 22. The third-order valence-corrected chi connectivity index (χ3v) is 14.9. The lowest BCUT2D eigenvalue weighted by molar-refractivity contribution is -0.149. The number of phenols is 1. The lowest BCUT2D eigenvalue weighted by atomic mass is 9.91. The standard InChI is InChI=1S/C52H84N10O18/c1-5-25(2)18-26(3)12-10-8-6-7-9-11-13-38(70)56-31-21-36(68)48(76)60-50(78)43-34(66)16-17-61(43)52(80)41(35(67)22-37(54)69)58-49(77)42(45(73)44(72)28-14-15-33(65)30(19-28)55-39(71)23-53)59-47(75)32-20-29(64)24-62(32)51(79)40(27(4)63)57-46(31)74/h14-15,19,25-27,29,31-32,34-36,40-45,48,63-68,72-73,76H,5-13,16-18,20-24,53H2,1-4H3,(H2,54,69)(H,55,71)(H,56,70)(H,57,74)(H,58,77)(H,59,75)(H,60,78)/t25?,26?,27-,29-,31-,32+,34+,35+,36-,40+,41+,42+,43+,44-,45-,48-/m1/s1. The summed E-state index contributed by atoms with van der Waals surface area (Å²) in [5.41, 5.74) is 10.1. The number of primary amides is 1. The molecule has 3 saturated heterocycles. The van der Waals surface area contributed by atoms with Gasteiger partial charge in [-0.05, 0) is 55.7 Å². The number of nitrogens with zero attached hydrogens (tertiary/aromatic N) is 2. The van der Waals surface area contributed by atoms with E-state index in [-0.39, 0.29) is 24.1 Å². The highest BCUT2D eigenvalue weighted by Gasteiger charge is 2.49. The van der Waals surface area contributed by atoms with Crippen LogP contribution in [-0.2, 0) is 43.2 Å². The van der Waals surface area contributed by atoms with Gasteiger partial charge in [0.2, 0.25) is 53.2 Å². The van der Waals surface area contributed by atoms with Crippen LogP contribution in [0.5, 0.6) is 5.75 Å². The Kier molecular flexibility index (Phi) is 25.9. The third kappa shape index (κ3) is 18.7. The Balaban J connectivity index is 1.73.